The van der Waals surface area contributed by atoms with E-state index in [2.05, 4.69) is 10.6 Å². The number of hydrogen-bond acceptors (Lipinski definition) is 6. The third kappa shape index (κ3) is 5.25. The monoisotopic (exact) mass is 415 g/mol. The first kappa shape index (κ1) is 21.5. The van der Waals surface area contributed by atoms with Crippen LogP contribution in [-0.4, -0.2) is 64.2 Å². The van der Waals surface area contributed by atoms with Crippen LogP contribution in [0.2, 0.25) is 0 Å². The van der Waals surface area contributed by atoms with E-state index < -0.39 is 30.1 Å². The highest BCUT2D eigenvalue weighted by molar-refractivity contribution is 5.99. The number of hydrogen-bond donors (Lipinski definition) is 4. The Balaban J connectivity index is 1.53. The molecule has 2 aromatic rings. The van der Waals surface area contributed by atoms with Gasteiger partial charge in [-0.25, -0.2) is 0 Å². The standard InChI is InChI=1S/C21H25N3O6/c25-17(20(28)22-11-10-15-8-5-13-30-15)18(26)21(29)24-12-4-9-16(24)19(27)23-14-6-2-1-3-7-14/h1-3,5-8,13,16-18,25-26H,4,9-12H2,(H,22,28)(H,23,27)/t16-,17+,18+/m0/s1. The van der Waals surface area contributed by atoms with Crippen molar-refractivity contribution in [3.05, 3.63) is 54.5 Å². The molecule has 2 heterocycles. The first-order valence-corrected chi connectivity index (χ1v) is 9.80. The number of nitrogens with one attached hydrogen (secondary N) is 2. The molecule has 3 atom stereocenters. The number of aliphatic hydroxyl groups excluding tert-OH is 2. The maximum absolute atomic E-state index is 12.7. The summed E-state index contributed by atoms with van der Waals surface area (Å²) >= 11 is 0. The Morgan fingerprint density at radius 3 is 2.57 bits per heavy atom. The fraction of sp³-hybridized carbons (Fsp3) is 0.381. The molecule has 9 nitrogen and oxygen atoms in total. The van der Waals surface area contributed by atoms with Crippen LogP contribution < -0.4 is 10.6 Å². The van der Waals surface area contributed by atoms with Gasteiger partial charge in [0.15, 0.2) is 12.2 Å². The van der Waals surface area contributed by atoms with Crippen molar-refractivity contribution in [1.29, 1.82) is 0 Å². The van der Waals surface area contributed by atoms with Gasteiger partial charge in [-0.15, -0.1) is 0 Å². The van der Waals surface area contributed by atoms with E-state index in [9.17, 15) is 24.6 Å². The maximum Gasteiger partial charge on any atom is 0.255 e. The lowest BCUT2D eigenvalue weighted by Gasteiger charge is -2.27. The summed E-state index contributed by atoms with van der Waals surface area (Å²) in [6, 6.07) is 11.5. The van der Waals surface area contributed by atoms with Crippen LogP contribution in [0.25, 0.3) is 0 Å². The molecular weight excluding hydrogens is 390 g/mol. The van der Waals surface area contributed by atoms with Gasteiger partial charge in [-0.1, -0.05) is 18.2 Å². The number of benzene rings is 1. The lowest BCUT2D eigenvalue weighted by atomic mass is 10.1. The van der Waals surface area contributed by atoms with E-state index in [1.807, 2.05) is 6.07 Å². The van der Waals surface area contributed by atoms with E-state index in [0.717, 1.165) is 0 Å². The van der Waals surface area contributed by atoms with Crippen LogP contribution in [0.3, 0.4) is 0 Å². The number of anilines is 1. The number of aliphatic hydroxyl groups is 2. The van der Waals surface area contributed by atoms with E-state index in [0.29, 0.717) is 30.7 Å². The van der Waals surface area contributed by atoms with Crippen molar-refractivity contribution < 1.29 is 29.0 Å². The molecule has 0 spiro atoms. The molecule has 1 fully saturated rings. The number of para-hydroxylation sites is 1. The Bertz CT molecular complexity index is 855. The Kier molecular flexibility index (Phi) is 7.21. The number of carbonyl (C=O) groups is 3. The summed E-state index contributed by atoms with van der Waals surface area (Å²) < 4.78 is 5.14. The van der Waals surface area contributed by atoms with Crippen molar-refractivity contribution in [3.63, 3.8) is 0 Å². The molecule has 1 saturated heterocycles. The zero-order chi connectivity index (χ0) is 21.5. The maximum atomic E-state index is 12.7. The molecule has 0 unspecified atom stereocenters. The van der Waals surface area contributed by atoms with Gasteiger partial charge < -0.3 is 30.2 Å². The molecule has 0 aliphatic carbocycles. The second-order valence-electron chi connectivity index (χ2n) is 7.06. The summed E-state index contributed by atoms with van der Waals surface area (Å²) in [6.45, 7) is 0.436. The quantitative estimate of drug-likeness (QED) is 0.490. The third-order valence-corrected chi connectivity index (χ3v) is 4.95. The van der Waals surface area contributed by atoms with Gasteiger partial charge >= 0.3 is 0 Å². The summed E-state index contributed by atoms with van der Waals surface area (Å²) in [5.41, 5.74) is 0.596. The highest BCUT2D eigenvalue weighted by Crippen LogP contribution is 2.21. The molecule has 3 amide bonds. The lowest BCUT2D eigenvalue weighted by Crippen LogP contribution is -2.53. The first-order valence-electron chi connectivity index (χ1n) is 9.80. The second kappa shape index (κ2) is 10.0. The van der Waals surface area contributed by atoms with E-state index in [1.165, 1.54) is 11.2 Å². The lowest BCUT2D eigenvalue weighted by molar-refractivity contribution is -0.154. The van der Waals surface area contributed by atoms with Crippen molar-refractivity contribution in [2.45, 2.75) is 37.5 Å². The van der Waals surface area contributed by atoms with Crippen LogP contribution in [0.5, 0.6) is 0 Å². The van der Waals surface area contributed by atoms with E-state index in [-0.39, 0.29) is 19.0 Å². The van der Waals surface area contributed by atoms with Gasteiger partial charge in [-0.05, 0) is 37.1 Å². The number of furan rings is 1. The molecule has 0 saturated carbocycles. The Morgan fingerprint density at radius 2 is 1.87 bits per heavy atom. The molecule has 0 radical (unpaired) electrons. The Hall–Kier alpha value is -3.17. The minimum atomic E-state index is -1.96. The molecule has 30 heavy (non-hydrogen) atoms. The van der Waals surface area contributed by atoms with E-state index >= 15 is 0 Å². The van der Waals surface area contributed by atoms with Crippen LogP contribution in [0.1, 0.15) is 18.6 Å². The molecule has 1 aliphatic rings. The van der Waals surface area contributed by atoms with Crippen molar-refractivity contribution in [2.24, 2.45) is 0 Å². The minimum Gasteiger partial charge on any atom is -0.469 e. The zero-order valence-electron chi connectivity index (χ0n) is 16.4. The summed E-state index contributed by atoms with van der Waals surface area (Å²) in [4.78, 5) is 38.5. The van der Waals surface area contributed by atoms with Crippen LogP contribution in [0.15, 0.2) is 53.1 Å². The normalized spacial score (nSPS) is 17.9. The van der Waals surface area contributed by atoms with E-state index in [4.69, 9.17) is 4.42 Å². The van der Waals surface area contributed by atoms with Gasteiger partial charge in [0.1, 0.15) is 11.8 Å². The number of carbonyl (C=O) groups excluding carboxylic acids is 3. The van der Waals surface area contributed by atoms with Crippen LogP contribution >= 0.6 is 0 Å². The largest absolute Gasteiger partial charge is 0.469 e. The van der Waals surface area contributed by atoms with Gasteiger partial charge in [0.05, 0.1) is 6.26 Å². The molecule has 3 rings (SSSR count). The van der Waals surface area contributed by atoms with Crippen LogP contribution in [-0.2, 0) is 20.8 Å². The number of likely N-dealkylation sites (tertiary alicyclic amines) is 1. The second-order valence-corrected chi connectivity index (χ2v) is 7.06. The summed E-state index contributed by atoms with van der Waals surface area (Å²) in [6.07, 6.45) is -0.969. The van der Waals surface area contributed by atoms with Crippen LogP contribution in [0, 0.1) is 0 Å². The Labute approximate surface area is 173 Å². The zero-order valence-corrected chi connectivity index (χ0v) is 16.4. The molecule has 0 bridgehead atoms. The first-order chi connectivity index (χ1) is 14.5. The van der Waals surface area contributed by atoms with Crippen molar-refractivity contribution in [3.8, 4) is 0 Å². The molecule has 9 heteroatoms. The predicted molar refractivity (Wildman–Crippen MR) is 107 cm³/mol. The molecular formula is C21H25N3O6. The number of nitrogens with zero attached hydrogens (tertiary/aromatic N) is 1. The average Bonchev–Trinajstić information content (AvgIpc) is 3.45. The van der Waals surface area contributed by atoms with E-state index in [1.54, 1.807) is 36.4 Å². The van der Waals surface area contributed by atoms with Gasteiger partial charge in [0.25, 0.3) is 11.8 Å². The number of rotatable bonds is 8. The average molecular weight is 415 g/mol. The van der Waals surface area contributed by atoms with Crippen molar-refractivity contribution >= 4 is 23.4 Å². The van der Waals surface area contributed by atoms with Crippen LogP contribution in [0.4, 0.5) is 5.69 Å². The van der Waals surface area contributed by atoms with Gasteiger partial charge in [-0.3, -0.25) is 14.4 Å². The number of amides is 3. The summed E-state index contributed by atoms with van der Waals surface area (Å²) in [5.74, 6) is -1.44. The summed E-state index contributed by atoms with van der Waals surface area (Å²) in [7, 11) is 0. The van der Waals surface area contributed by atoms with Crippen molar-refractivity contribution in [2.75, 3.05) is 18.4 Å². The van der Waals surface area contributed by atoms with Gasteiger partial charge in [-0.2, -0.15) is 0 Å². The minimum absolute atomic E-state index is 0.177. The molecule has 4 N–H and O–H groups in total. The fourth-order valence-corrected chi connectivity index (χ4v) is 3.37. The molecule has 1 aromatic heterocycles. The summed E-state index contributed by atoms with van der Waals surface area (Å²) in [5, 5.41) is 25.5. The van der Waals surface area contributed by atoms with Gasteiger partial charge in [0.2, 0.25) is 5.91 Å². The third-order valence-electron chi connectivity index (χ3n) is 4.95. The highest BCUT2D eigenvalue weighted by Gasteiger charge is 2.40. The molecule has 1 aliphatic heterocycles. The SMILES string of the molecule is O=C(NCCc1ccco1)[C@H](O)[C@@H](O)C(=O)N1CCC[C@H]1C(=O)Nc1ccccc1. The highest BCUT2D eigenvalue weighted by atomic mass is 16.3. The smallest absolute Gasteiger partial charge is 0.255 e. The van der Waals surface area contributed by atoms with Crippen molar-refractivity contribution in [1.82, 2.24) is 10.2 Å². The Morgan fingerprint density at radius 1 is 1.10 bits per heavy atom. The molecule has 1 aromatic carbocycles. The predicted octanol–water partition coefficient (Wildman–Crippen LogP) is 0.290. The van der Waals surface area contributed by atoms with Gasteiger partial charge in [0, 0.05) is 25.2 Å². The topological polar surface area (TPSA) is 132 Å². The molecule has 160 valence electrons. The fourth-order valence-electron chi connectivity index (χ4n) is 3.37.